The van der Waals surface area contributed by atoms with Gasteiger partial charge in [-0.25, -0.2) is 4.79 Å². The summed E-state index contributed by atoms with van der Waals surface area (Å²) in [4.78, 5) is 23.4. The SMILES string of the molecule is CCCCCCCCCCCCC(COC(=O)NC)COP(=O)([O-])OCC[N+](C)(C)C. The maximum absolute atomic E-state index is 12.0. The van der Waals surface area contributed by atoms with Gasteiger partial charge in [-0.15, -0.1) is 0 Å². The van der Waals surface area contributed by atoms with Gasteiger partial charge in [-0.05, 0) is 6.42 Å². The van der Waals surface area contributed by atoms with Gasteiger partial charge in [0, 0.05) is 13.0 Å². The average molecular weight is 467 g/mol. The standard InChI is InChI=1S/C22H47N2O6P/c1-6-7-8-9-10-11-12-13-14-15-16-21(19-28-22(25)23-2)20-30-31(26,27)29-18-17-24(3,4)5/h21H,6-20H2,1-5H3,(H-,23,25,26,27). The Balaban J connectivity index is 4.19. The Morgan fingerprint density at radius 3 is 2.00 bits per heavy atom. The molecule has 0 radical (unpaired) electrons. The molecule has 0 heterocycles. The van der Waals surface area contributed by atoms with E-state index in [0.717, 1.165) is 19.3 Å². The Labute approximate surface area is 190 Å². The zero-order chi connectivity index (χ0) is 23.6. The second-order valence-electron chi connectivity index (χ2n) is 9.28. The summed E-state index contributed by atoms with van der Waals surface area (Å²) in [5, 5.41) is 2.40. The molecule has 1 amide bonds. The number of hydrogen-bond donors (Lipinski definition) is 1. The third-order valence-corrected chi connectivity index (χ3v) is 6.06. The topological polar surface area (TPSA) is 96.9 Å². The van der Waals surface area contributed by atoms with Crippen LogP contribution in [0.5, 0.6) is 0 Å². The van der Waals surface area contributed by atoms with E-state index in [1.165, 1.54) is 58.4 Å². The minimum Gasteiger partial charge on any atom is -0.756 e. The van der Waals surface area contributed by atoms with E-state index in [1.54, 1.807) is 0 Å². The van der Waals surface area contributed by atoms with E-state index in [2.05, 4.69) is 12.2 Å². The normalized spacial score (nSPS) is 14.8. The zero-order valence-electron chi connectivity index (χ0n) is 20.5. The van der Waals surface area contributed by atoms with Gasteiger partial charge in [-0.3, -0.25) is 4.57 Å². The first-order valence-electron chi connectivity index (χ1n) is 11.8. The van der Waals surface area contributed by atoms with Crippen molar-refractivity contribution in [3.8, 4) is 0 Å². The van der Waals surface area contributed by atoms with E-state index in [-0.39, 0.29) is 25.7 Å². The van der Waals surface area contributed by atoms with Crippen molar-refractivity contribution in [2.45, 2.75) is 77.6 Å². The molecular weight excluding hydrogens is 419 g/mol. The van der Waals surface area contributed by atoms with Crippen LogP contribution in [0.2, 0.25) is 0 Å². The van der Waals surface area contributed by atoms with Crippen molar-refractivity contribution in [3.63, 3.8) is 0 Å². The Kier molecular flexibility index (Phi) is 17.5. The number of carbonyl (C=O) groups is 1. The Hall–Kier alpha value is -0.660. The molecule has 0 aromatic rings. The first-order valence-corrected chi connectivity index (χ1v) is 13.3. The molecule has 2 atom stereocenters. The second-order valence-corrected chi connectivity index (χ2v) is 10.7. The molecule has 0 aliphatic heterocycles. The quantitative estimate of drug-likeness (QED) is 0.161. The predicted molar refractivity (Wildman–Crippen MR) is 123 cm³/mol. The molecule has 0 rings (SSSR count). The second kappa shape index (κ2) is 17.8. The fourth-order valence-corrected chi connectivity index (χ4v) is 3.83. The van der Waals surface area contributed by atoms with Gasteiger partial charge in [-0.1, -0.05) is 71.1 Å². The van der Waals surface area contributed by atoms with Crippen molar-refractivity contribution in [1.29, 1.82) is 0 Å². The highest BCUT2D eigenvalue weighted by molar-refractivity contribution is 7.45. The van der Waals surface area contributed by atoms with Crippen LogP contribution in [0.3, 0.4) is 0 Å². The highest BCUT2D eigenvalue weighted by atomic mass is 31.2. The van der Waals surface area contributed by atoms with E-state index in [4.69, 9.17) is 13.8 Å². The van der Waals surface area contributed by atoms with Crippen LogP contribution in [0.25, 0.3) is 0 Å². The number of nitrogens with one attached hydrogen (secondary N) is 1. The number of phosphoric acid groups is 1. The van der Waals surface area contributed by atoms with Crippen molar-refractivity contribution >= 4 is 13.9 Å². The van der Waals surface area contributed by atoms with E-state index >= 15 is 0 Å². The third-order valence-electron chi connectivity index (χ3n) is 5.10. The number of phosphoric ester groups is 1. The van der Waals surface area contributed by atoms with Gasteiger partial charge in [-0.2, -0.15) is 0 Å². The molecule has 186 valence electrons. The van der Waals surface area contributed by atoms with Crippen LogP contribution in [0.15, 0.2) is 0 Å². The van der Waals surface area contributed by atoms with Crippen molar-refractivity contribution in [2.24, 2.45) is 5.92 Å². The van der Waals surface area contributed by atoms with Crippen LogP contribution in [-0.2, 0) is 18.3 Å². The van der Waals surface area contributed by atoms with E-state index in [0.29, 0.717) is 11.0 Å². The number of carbonyl (C=O) groups excluding carboxylic acids is 1. The van der Waals surface area contributed by atoms with Gasteiger partial charge in [0.1, 0.15) is 13.2 Å². The largest absolute Gasteiger partial charge is 0.756 e. The van der Waals surface area contributed by atoms with Crippen molar-refractivity contribution in [2.75, 3.05) is 54.6 Å². The number of alkyl carbamates (subject to hydrolysis) is 1. The summed E-state index contributed by atoms with van der Waals surface area (Å²) in [5.74, 6) is -0.185. The molecule has 0 spiro atoms. The molecule has 1 N–H and O–H groups in total. The summed E-state index contributed by atoms with van der Waals surface area (Å²) >= 11 is 0. The minimum absolute atomic E-state index is 0.0421. The maximum atomic E-state index is 12.0. The number of rotatable bonds is 20. The zero-order valence-corrected chi connectivity index (χ0v) is 21.4. The summed E-state index contributed by atoms with van der Waals surface area (Å²) in [7, 11) is 2.99. The smallest absolute Gasteiger partial charge is 0.406 e. The lowest BCUT2D eigenvalue weighted by Gasteiger charge is -2.28. The van der Waals surface area contributed by atoms with E-state index < -0.39 is 13.9 Å². The molecule has 8 nitrogen and oxygen atoms in total. The molecule has 0 aromatic carbocycles. The Morgan fingerprint density at radius 1 is 0.935 bits per heavy atom. The molecule has 31 heavy (non-hydrogen) atoms. The molecule has 0 fully saturated rings. The van der Waals surface area contributed by atoms with Crippen molar-refractivity contribution in [1.82, 2.24) is 5.32 Å². The molecular formula is C22H47N2O6P. The van der Waals surface area contributed by atoms with Gasteiger partial charge >= 0.3 is 6.09 Å². The molecule has 0 saturated heterocycles. The van der Waals surface area contributed by atoms with Crippen LogP contribution >= 0.6 is 7.82 Å². The van der Waals surface area contributed by atoms with Gasteiger partial charge in [0.05, 0.1) is 34.4 Å². The Bertz CT molecular complexity index is 499. The first kappa shape index (κ1) is 30.3. The summed E-state index contributed by atoms with van der Waals surface area (Å²) in [6.07, 6.45) is 12.5. The lowest BCUT2D eigenvalue weighted by molar-refractivity contribution is -0.870. The van der Waals surface area contributed by atoms with Gasteiger partial charge in [0.15, 0.2) is 0 Å². The van der Waals surface area contributed by atoms with Crippen LogP contribution in [-0.4, -0.2) is 65.1 Å². The van der Waals surface area contributed by atoms with Gasteiger partial charge in [0.2, 0.25) is 0 Å². The van der Waals surface area contributed by atoms with Crippen LogP contribution in [0.4, 0.5) is 4.79 Å². The lowest BCUT2D eigenvalue weighted by Crippen LogP contribution is -2.37. The molecule has 0 aliphatic rings. The summed E-state index contributed by atoms with van der Waals surface area (Å²) in [6, 6.07) is 0. The van der Waals surface area contributed by atoms with Crippen molar-refractivity contribution in [3.05, 3.63) is 0 Å². The molecule has 0 aliphatic carbocycles. The lowest BCUT2D eigenvalue weighted by atomic mass is 10.0. The third kappa shape index (κ3) is 21.0. The van der Waals surface area contributed by atoms with Gasteiger partial charge in [0.25, 0.3) is 7.82 Å². The fourth-order valence-electron chi connectivity index (χ4n) is 3.06. The molecule has 0 bridgehead atoms. The molecule has 0 aromatic heterocycles. The Morgan fingerprint density at radius 2 is 1.48 bits per heavy atom. The first-order chi connectivity index (χ1) is 14.6. The number of hydrogen-bond acceptors (Lipinski definition) is 6. The summed E-state index contributed by atoms with van der Waals surface area (Å²) in [5.41, 5.74) is 0. The summed E-state index contributed by atoms with van der Waals surface area (Å²) < 4.78 is 27.8. The van der Waals surface area contributed by atoms with Crippen LogP contribution < -0.4 is 10.2 Å². The van der Waals surface area contributed by atoms with Crippen molar-refractivity contribution < 1.29 is 32.5 Å². The molecule has 9 heteroatoms. The van der Waals surface area contributed by atoms with E-state index in [1.807, 2.05) is 21.1 Å². The number of nitrogens with zero attached hydrogens (tertiary/aromatic N) is 1. The monoisotopic (exact) mass is 466 g/mol. The minimum atomic E-state index is -4.37. The van der Waals surface area contributed by atoms with E-state index in [9.17, 15) is 14.3 Å². The van der Waals surface area contributed by atoms with Crippen LogP contribution in [0.1, 0.15) is 77.6 Å². The summed E-state index contributed by atoms with van der Waals surface area (Å²) in [6.45, 7) is 2.93. The highest BCUT2D eigenvalue weighted by Gasteiger charge is 2.18. The predicted octanol–water partition coefficient (Wildman–Crippen LogP) is 4.48. The molecule has 0 saturated carbocycles. The number of ether oxygens (including phenoxy) is 1. The number of unbranched alkanes of at least 4 members (excludes halogenated alkanes) is 9. The van der Waals surface area contributed by atoms with Crippen LogP contribution in [0, 0.1) is 5.92 Å². The fraction of sp³-hybridized carbons (Fsp3) is 0.955. The number of amides is 1. The van der Waals surface area contributed by atoms with Gasteiger partial charge < -0.3 is 28.5 Å². The number of likely N-dealkylation sites (N-methyl/N-ethyl adjacent to an activating group) is 1. The highest BCUT2D eigenvalue weighted by Crippen LogP contribution is 2.39. The average Bonchev–Trinajstić information content (AvgIpc) is 2.69. The molecule has 2 unspecified atom stereocenters. The number of quaternary nitrogens is 1. The maximum Gasteiger partial charge on any atom is 0.406 e.